The zero-order chi connectivity index (χ0) is 16.9. The monoisotopic (exact) mass is 323 g/mol. The normalized spacial score (nSPS) is 12.2. The molecule has 2 aromatic carbocycles. The van der Waals surface area contributed by atoms with Crippen LogP contribution < -0.4 is 5.73 Å². The molecule has 0 bridgehead atoms. The third-order valence-electron chi connectivity index (χ3n) is 3.91. The summed E-state index contributed by atoms with van der Waals surface area (Å²) in [5, 5.41) is 0. The molecule has 1 unspecified atom stereocenters. The molecule has 0 spiro atoms. The van der Waals surface area contributed by atoms with Gasteiger partial charge in [0.05, 0.1) is 17.6 Å². The minimum atomic E-state index is -0.712. The largest absolute Gasteiger partial charge is 0.465 e. The first kappa shape index (κ1) is 16.2. The number of imidazole rings is 1. The van der Waals surface area contributed by atoms with Crippen LogP contribution in [0.5, 0.6) is 0 Å². The number of nitrogens with zero attached hydrogens (tertiary/aromatic N) is 2. The van der Waals surface area contributed by atoms with E-state index in [0.29, 0.717) is 19.6 Å². The van der Waals surface area contributed by atoms with Crippen molar-refractivity contribution >= 4 is 17.0 Å². The average Bonchev–Trinajstić information content (AvgIpc) is 2.93. The van der Waals surface area contributed by atoms with E-state index in [2.05, 4.69) is 21.7 Å². The smallest absolute Gasteiger partial charge is 0.323 e. The Morgan fingerprint density at radius 1 is 1.17 bits per heavy atom. The topological polar surface area (TPSA) is 70.1 Å². The van der Waals surface area contributed by atoms with Crippen LogP contribution in [-0.4, -0.2) is 28.2 Å². The number of benzene rings is 2. The Balaban J connectivity index is 1.94. The molecule has 5 nitrogen and oxygen atoms in total. The fraction of sp³-hybridized carbons (Fsp3) is 0.263. The molecule has 0 radical (unpaired) electrons. The van der Waals surface area contributed by atoms with E-state index in [4.69, 9.17) is 10.5 Å². The van der Waals surface area contributed by atoms with E-state index in [1.54, 1.807) is 6.92 Å². The number of carbonyl (C=O) groups is 1. The van der Waals surface area contributed by atoms with Crippen molar-refractivity contribution in [1.82, 2.24) is 9.55 Å². The highest BCUT2D eigenvalue weighted by Crippen LogP contribution is 2.19. The van der Waals surface area contributed by atoms with Crippen molar-refractivity contribution in [2.45, 2.75) is 25.9 Å². The van der Waals surface area contributed by atoms with E-state index in [1.165, 1.54) is 5.56 Å². The number of fused-ring (bicyclic) bond motifs is 1. The third kappa shape index (κ3) is 3.46. The molecule has 0 aliphatic carbocycles. The van der Waals surface area contributed by atoms with Gasteiger partial charge in [-0.2, -0.15) is 0 Å². The van der Waals surface area contributed by atoms with Gasteiger partial charge in [0.25, 0.3) is 0 Å². The van der Waals surface area contributed by atoms with Gasteiger partial charge in [-0.25, -0.2) is 4.98 Å². The first-order valence-electron chi connectivity index (χ1n) is 8.09. The predicted octanol–water partition coefficient (Wildman–Crippen LogP) is 2.52. The summed E-state index contributed by atoms with van der Waals surface area (Å²) in [6, 6.07) is 17.4. The first-order valence-corrected chi connectivity index (χ1v) is 8.09. The average molecular weight is 323 g/mol. The molecule has 0 aliphatic rings. The molecule has 1 atom stereocenters. The molecule has 3 rings (SSSR count). The van der Waals surface area contributed by atoms with Gasteiger partial charge in [0.1, 0.15) is 11.9 Å². The van der Waals surface area contributed by atoms with Gasteiger partial charge in [-0.3, -0.25) is 4.79 Å². The summed E-state index contributed by atoms with van der Waals surface area (Å²) in [6.45, 7) is 2.79. The number of hydrogen-bond acceptors (Lipinski definition) is 4. The SMILES string of the molecule is CCOC(=O)C(N)Cc1nc2ccccc2n1Cc1ccccc1. The van der Waals surface area contributed by atoms with Gasteiger partial charge < -0.3 is 15.0 Å². The summed E-state index contributed by atoms with van der Waals surface area (Å²) >= 11 is 0. The molecule has 0 saturated carbocycles. The lowest BCUT2D eigenvalue weighted by Crippen LogP contribution is -2.35. The van der Waals surface area contributed by atoms with Crippen molar-refractivity contribution in [1.29, 1.82) is 0 Å². The van der Waals surface area contributed by atoms with Crippen molar-refractivity contribution in [3.8, 4) is 0 Å². The second-order valence-corrected chi connectivity index (χ2v) is 5.65. The molecular formula is C19H21N3O2. The van der Waals surface area contributed by atoms with Crippen LogP contribution in [0.3, 0.4) is 0 Å². The van der Waals surface area contributed by atoms with Crippen LogP contribution in [0.25, 0.3) is 11.0 Å². The molecule has 5 heteroatoms. The molecule has 124 valence electrons. The number of para-hydroxylation sites is 2. The van der Waals surface area contributed by atoms with E-state index in [1.807, 2.05) is 42.5 Å². The second kappa shape index (κ2) is 7.27. The summed E-state index contributed by atoms with van der Waals surface area (Å²) in [6.07, 6.45) is 0.348. The Morgan fingerprint density at radius 3 is 2.62 bits per heavy atom. The Hall–Kier alpha value is -2.66. The van der Waals surface area contributed by atoms with Gasteiger partial charge in [0.15, 0.2) is 0 Å². The van der Waals surface area contributed by atoms with E-state index >= 15 is 0 Å². The van der Waals surface area contributed by atoms with E-state index < -0.39 is 12.0 Å². The van der Waals surface area contributed by atoms with Crippen LogP contribution in [0, 0.1) is 0 Å². The summed E-state index contributed by atoms with van der Waals surface area (Å²) in [7, 11) is 0. The van der Waals surface area contributed by atoms with Crippen LogP contribution in [-0.2, 0) is 22.5 Å². The van der Waals surface area contributed by atoms with Crippen LogP contribution in [0.1, 0.15) is 18.3 Å². The quantitative estimate of drug-likeness (QED) is 0.708. The molecule has 2 N–H and O–H groups in total. The molecule has 0 amide bonds. The molecular weight excluding hydrogens is 302 g/mol. The van der Waals surface area contributed by atoms with Crippen molar-refractivity contribution in [2.24, 2.45) is 5.73 Å². The van der Waals surface area contributed by atoms with Crippen molar-refractivity contribution in [3.05, 3.63) is 66.0 Å². The molecule has 1 aromatic heterocycles. The van der Waals surface area contributed by atoms with Crippen molar-refractivity contribution in [2.75, 3.05) is 6.61 Å². The predicted molar refractivity (Wildman–Crippen MR) is 93.6 cm³/mol. The minimum Gasteiger partial charge on any atom is -0.465 e. The highest BCUT2D eigenvalue weighted by atomic mass is 16.5. The van der Waals surface area contributed by atoms with E-state index in [-0.39, 0.29) is 0 Å². The number of carbonyl (C=O) groups excluding carboxylic acids is 1. The first-order chi connectivity index (χ1) is 11.7. The zero-order valence-corrected chi connectivity index (χ0v) is 13.7. The van der Waals surface area contributed by atoms with Crippen molar-refractivity contribution in [3.63, 3.8) is 0 Å². The van der Waals surface area contributed by atoms with E-state index in [9.17, 15) is 4.79 Å². The van der Waals surface area contributed by atoms with Crippen LogP contribution >= 0.6 is 0 Å². The Labute approximate surface area is 141 Å². The number of ether oxygens (including phenoxy) is 1. The Morgan fingerprint density at radius 2 is 1.88 bits per heavy atom. The zero-order valence-electron chi connectivity index (χ0n) is 13.7. The summed E-state index contributed by atoms with van der Waals surface area (Å²) in [5.41, 5.74) is 9.10. The third-order valence-corrected chi connectivity index (χ3v) is 3.91. The van der Waals surface area contributed by atoms with Crippen LogP contribution in [0.4, 0.5) is 0 Å². The maximum atomic E-state index is 11.8. The summed E-state index contributed by atoms with van der Waals surface area (Å²) in [5.74, 6) is 0.399. The summed E-state index contributed by atoms with van der Waals surface area (Å²) in [4.78, 5) is 16.5. The molecule has 0 aliphatic heterocycles. The highest BCUT2D eigenvalue weighted by molar-refractivity contribution is 5.78. The maximum absolute atomic E-state index is 11.8. The Bertz CT molecular complexity index is 827. The minimum absolute atomic E-state index is 0.326. The maximum Gasteiger partial charge on any atom is 0.323 e. The lowest BCUT2D eigenvalue weighted by Gasteiger charge is -2.13. The number of nitrogens with two attached hydrogens (primary N) is 1. The number of aromatic nitrogens is 2. The van der Waals surface area contributed by atoms with Gasteiger partial charge >= 0.3 is 5.97 Å². The van der Waals surface area contributed by atoms with Gasteiger partial charge in [-0.15, -0.1) is 0 Å². The van der Waals surface area contributed by atoms with Gasteiger partial charge in [-0.1, -0.05) is 42.5 Å². The van der Waals surface area contributed by atoms with Gasteiger partial charge in [0.2, 0.25) is 0 Å². The van der Waals surface area contributed by atoms with Gasteiger partial charge in [0, 0.05) is 13.0 Å². The van der Waals surface area contributed by atoms with Gasteiger partial charge in [-0.05, 0) is 24.6 Å². The highest BCUT2D eigenvalue weighted by Gasteiger charge is 2.20. The van der Waals surface area contributed by atoms with Crippen molar-refractivity contribution < 1.29 is 9.53 Å². The molecule has 0 fully saturated rings. The fourth-order valence-corrected chi connectivity index (χ4v) is 2.75. The molecule has 24 heavy (non-hydrogen) atoms. The number of hydrogen-bond donors (Lipinski definition) is 1. The molecule has 1 heterocycles. The van der Waals surface area contributed by atoms with E-state index in [0.717, 1.165) is 16.9 Å². The summed E-state index contributed by atoms with van der Waals surface area (Å²) < 4.78 is 7.12. The number of esters is 1. The van der Waals surface area contributed by atoms with Crippen LogP contribution in [0.2, 0.25) is 0 Å². The number of rotatable bonds is 6. The second-order valence-electron chi connectivity index (χ2n) is 5.65. The Kier molecular flexibility index (Phi) is 4.91. The lowest BCUT2D eigenvalue weighted by molar-refractivity contribution is -0.144. The fourth-order valence-electron chi connectivity index (χ4n) is 2.75. The standard InChI is InChI=1S/C19H21N3O2/c1-2-24-19(23)15(20)12-18-21-16-10-6-7-11-17(16)22(18)13-14-8-4-3-5-9-14/h3-11,15H,2,12-13,20H2,1H3. The molecule has 0 saturated heterocycles. The molecule has 3 aromatic rings. The van der Waals surface area contributed by atoms with Crippen LogP contribution in [0.15, 0.2) is 54.6 Å². The lowest BCUT2D eigenvalue weighted by atomic mass is 10.2.